The quantitative estimate of drug-likeness (QED) is 0.737. The molecule has 1 aromatic heterocycles. The van der Waals surface area contributed by atoms with Crippen molar-refractivity contribution in [2.24, 2.45) is 0 Å². The third kappa shape index (κ3) is 2.37. The minimum absolute atomic E-state index is 0.352. The fraction of sp³-hybridized carbons (Fsp3) is 0.600. The molecule has 0 N–H and O–H groups in total. The van der Waals surface area contributed by atoms with Gasteiger partial charge in [-0.2, -0.15) is 0 Å². The lowest BCUT2D eigenvalue weighted by molar-refractivity contribution is 0.601. The van der Waals surface area contributed by atoms with Gasteiger partial charge in [-0.1, -0.05) is 37.0 Å². The van der Waals surface area contributed by atoms with Crippen molar-refractivity contribution in [3.63, 3.8) is 0 Å². The van der Waals surface area contributed by atoms with Crippen molar-refractivity contribution in [3.05, 3.63) is 21.7 Å². The first-order valence-electron chi connectivity index (χ1n) is 4.79. The Hall–Kier alpha value is -0.340. The number of aromatic nitrogens is 2. The van der Waals surface area contributed by atoms with Gasteiger partial charge >= 0.3 is 0 Å². The first-order valence-corrected chi connectivity index (χ1v) is 5.55. The van der Waals surface area contributed by atoms with Crippen LogP contribution in [0.5, 0.6) is 0 Å². The van der Waals surface area contributed by atoms with Crippen molar-refractivity contribution in [1.82, 2.24) is 9.97 Å². The molecule has 0 saturated heterocycles. The molecule has 2 nitrogen and oxygen atoms in total. The zero-order chi connectivity index (χ0) is 10.7. The summed E-state index contributed by atoms with van der Waals surface area (Å²) in [6, 6.07) is 0. The summed E-state index contributed by atoms with van der Waals surface area (Å²) >= 11 is 11.9. The molecule has 0 atom stereocenters. The monoisotopic (exact) mass is 232 g/mol. The van der Waals surface area contributed by atoms with E-state index in [9.17, 15) is 0 Å². The van der Waals surface area contributed by atoms with E-state index in [0.29, 0.717) is 16.2 Å². The molecule has 0 aromatic carbocycles. The maximum absolute atomic E-state index is 5.94. The molecule has 1 aromatic rings. The van der Waals surface area contributed by atoms with E-state index in [0.717, 1.165) is 24.2 Å². The van der Waals surface area contributed by atoms with Crippen molar-refractivity contribution in [2.75, 3.05) is 0 Å². The molecule has 1 rings (SSSR count). The number of hydrogen-bond donors (Lipinski definition) is 0. The average molecular weight is 233 g/mol. The van der Waals surface area contributed by atoms with E-state index >= 15 is 0 Å². The van der Waals surface area contributed by atoms with E-state index in [1.807, 2.05) is 6.92 Å². The number of hydrogen-bond acceptors (Lipinski definition) is 2. The van der Waals surface area contributed by atoms with E-state index in [1.54, 1.807) is 0 Å². The van der Waals surface area contributed by atoms with Crippen LogP contribution in [0, 0.1) is 6.92 Å². The van der Waals surface area contributed by atoms with Crippen LogP contribution in [0.25, 0.3) is 0 Å². The van der Waals surface area contributed by atoms with E-state index in [1.165, 1.54) is 0 Å². The van der Waals surface area contributed by atoms with Crippen molar-refractivity contribution >= 4 is 23.2 Å². The first-order chi connectivity index (χ1) is 6.60. The van der Waals surface area contributed by atoms with Gasteiger partial charge in [-0.25, -0.2) is 9.97 Å². The highest BCUT2D eigenvalue weighted by molar-refractivity contribution is 6.34. The molecular formula is C10H14Cl2N2. The third-order valence-corrected chi connectivity index (χ3v) is 3.13. The van der Waals surface area contributed by atoms with Crippen LogP contribution in [0.1, 0.15) is 44.0 Å². The highest BCUT2D eigenvalue weighted by Crippen LogP contribution is 2.25. The van der Waals surface area contributed by atoms with Gasteiger partial charge in [0.2, 0.25) is 0 Å². The van der Waals surface area contributed by atoms with Gasteiger partial charge < -0.3 is 0 Å². The molecule has 0 amide bonds. The predicted molar refractivity (Wildman–Crippen MR) is 60.1 cm³/mol. The molecule has 4 heteroatoms. The molecule has 0 unspecified atom stereocenters. The van der Waals surface area contributed by atoms with Gasteiger partial charge in [-0.15, -0.1) is 0 Å². The van der Waals surface area contributed by atoms with Gasteiger partial charge in [0.15, 0.2) is 0 Å². The van der Waals surface area contributed by atoms with Gasteiger partial charge in [-0.05, 0) is 19.8 Å². The Kier molecular flexibility index (Phi) is 4.14. The zero-order valence-corrected chi connectivity index (χ0v) is 10.2. The second-order valence-corrected chi connectivity index (χ2v) is 4.02. The van der Waals surface area contributed by atoms with Crippen molar-refractivity contribution in [2.45, 2.75) is 39.5 Å². The number of nitrogens with zero attached hydrogens (tertiary/aromatic N) is 2. The molecule has 14 heavy (non-hydrogen) atoms. The van der Waals surface area contributed by atoms with Gasteiger partial charge in [0.1, 0.15) is 16.1 Å². The molecule has 0 saturated carbocycles. The van der Waals surface area contributed by atoms with Crippen LogP contribution in [0.15, 0.2) is 0 Å². The fourth-order valence-electron chi connectivity index (χ4n) is 1.32. The van der Waals surface area contributed by atoms with Gasteiger partial charge in [-0.3, -0.25) is 0 Å². The fourth-order valence-corrected chi connectivity index (χ4v) is 1.72. The number of rotatable bonds is 3. The highest BCUT2D eigenvalue weighted by Gasteiger charge is 2.14. The Morgan fingerprint density at radius 2 is 1.50 bits per heavy atom. The summed E-state index contributed by atoms with van der Waals surface area (Å²) < 4.78 is 0. The predicted octanol–water partition coefficient (Wildman–Crippen LogP) is 4.00. The smallest absolute Gasteiger partial charge is 0.137 e. The van der Waals surface area contributed by atoms with Crippen LogP contribution < -0.4 is 0 Å². The largest absolute Gasteiger partial charge is 0.221 e. The second-order valence-electron chi connectivity index (χ2n) is 3.30. The SMILES string of the molecule is CCC(CC)c1nc(Cl)c(C)c(Cl)n1. The Morgan fingerprint density at radius 1 is 1.07 bits per heavy atom. The summed E-state index contributed by atoms with van der Waals surface area (Å²) in [5, 5.41) is 0.929. The van der Waals surface area contributed by atoms with Crippen LogP contribution in [-0.4, -0.2) is 9.97 Å². The Balaban J connectivity index is 3.11. The lowest BCUT2D eigenvalue weighted by Gasteiger charge is -2.12. The molecule has 78 valence electrons. The average Bonchev–Trinajstić information content (AvgIpc) is 2.16. The molecule has 0 spiro atoms. The molecule has 0 aliphatic rings. The molecule has 1 heterocycles. The van der Waals surface area contributed by atoms with Crippen LogP contribution >= 0.6 is 23.2 Å². The Bertz CT molecular complexity index is 299. The highest BCUT2D eigenvalue weighted by atomic mass is 35.5. The molecule has 0 aliphatic heterocycles. The Morgan fingerprint density at radius 3 is 1.86 bits per heavy atom. The zero-order valence-electron chi connectivity index (χ0n) is 8.64. The summed E-state index contributed by atoms with van der Waals surface area (Å²) in [7, 11) is 0. The summed E-state index contributed by atoms with van der Waals surface area (Å²) in [6.45, 7) is 6.04. The summed E-state index contributed by atoms with van der Waals surface area (Å²) in [6.07, 6.45) is 2.01. The maximum atomic E-state index is 5.94. The van der Waals surface area contributed by atoms with E-state index in [2.05, 4.69) is 23.8 Å². The molecule has 0 radical (unpaired) electrons. The molecular weight excluding hydrogens is 219 g/mol. The maximum Gasteiger partial charge on any atom is 0.137 e. The lowest BCUT2D eigenvalue weighted by Crippen LogP contribution is -2.04. The van der Waals surface area contributed by atoms with E-state index in [-0.39, 0.29) is 0 Å². The van der Waals surface area contributed by atoms with E-state index in [4.69, 9.17) is 23.2 Å². The number of halogens is 2. The minimum Gasteiger partial charge on any atom is -0.221 e. The van der Waals surface area contributed by atoms with Gasteiger partial charge in [0.25, 0.3) is 0 Å². The van der Waals surface area contributed by atoms with Gasteiger partial charge in [0.05, 0.1) is 0 Å². The summed E-state index contributed by atoms with van der Waals surface area (Å²) in [5.74, 6) is 1.11. The van der Waals surface area contributed by atoms with Crippen molar-refractivity contribution < 1.29 is 0 Å². The third-order valence-electron chi connectivity index (χ3n) is 2.40. The molecule has 0 aliphatic carbocycles. The summed E-state index contributed by atoms with van der Waals surface area (Å²) in [4.78, 5) is 8.49. The lowest BCUT2D eigenvalue weighted by atomic mass is 10.0. The topological polar surface area (TPSA) is 25.8 Å². The minimum atomic E-state index is 0.352. The van der Waals surface area contributed by atoms with Gasteiger partial charge in [0, 0.05) is 11.5 Å². The molecule has 0 bridgehead atoms. The van der Waals surface area contributed by atoms with E-state index < -0.39 is 0 Å². The van der Waals surface area contributed by atoms with Crippen molar-refractivity contribution in [1.29, 1.82) is 0 Å². The summed E-state index contributed by atoms with van der Waals surface area (Å²) in [5.41, 5.74) is 0.753. The standard InChI is InChI=1S/C10H14Cl2N2/c1-4-7(5-2)10-13-8(11)6(3)9(12)14-10/h7H,4-5H2,1-3H3. The van der Waals surface area contributed by atoms with Crippen LogP contribution in [0.3, 0.4) is 0 Å². The normalized spacial score (nSPS) is 11.0. The van der Waals surface area contributed by atoms with Crippen LogP contribution in [0.4, 0.5) is 0 Å². The second kappa shape index (κ2) is 4.94. The van der Waals surface area contributed by atoms with Crippen LogP contribution in [0.2, 0.25) is 10.3 Å². The molecule has 0 fully saturated rings. The van der Waals surface area contributed by atoms with Crippen LogP contribution in [-0.2, 0) is 0 Å². The first kappa shape index (κ1) is 11.7. The van der Waals surface area contributed by atoms with Crippen molar-refractivity contribution in [3.8, 4) is 0 Å². The Labute approximate surface area is 94.7 Å².